The summed E-state index contributed by atoms with van der Waals surface area (Å²) < 4.78 is 30.9. The number of nitrogens with zero attached hydrogens (tertiary/aromatic N) is 3. The third-order valence-corrected chi connectivity index (χ3v) is 9.38. The van der Waals surface area contributed by atoms with Crippen molar-refractivity contribution in [1.82, 2.24) is 35.1 Å². The summed E-state index contributed by atoms with van der Waals surface area (Å²) in [5, 5.41) is 7.76. The van der Waals surface area contributed by atoms with E-state index in [0.29, 0.717) is 23.4 Å². The maximum absolute atomic E-state index is 16.3. The highest BCUT2D eigenvalue weighted by atomic mass is 19.1. The number of aryl methyl sites for hydroxylation is 1. The molecular formula is C37H38FN7O2. The summed E-state index contributed by atoms with van der Waals surface area (Å²) in [5.74, 6) is 2.68. The number of hydrogen-bond donors (Lipinski definition) is 4. The predicted molar refractivity (Wildman–Crippen MR) is 181 cm³/mol. The zero-order valence-corrected chi connectivity index (χ0v) is 26.8. The highest BCUT2D eigenvalue weighted by Gasteiger charge is 2.32. The van der Waals surface area contributed by atoms with Gasteiger partial charge in [0.2, 0.25) is 6.23 Å². The summed E-state index contributed by atoms with van der Waals surface area (Å²) in [7, 11) is 1.69. The van der Waals surface area contributed by atoms with Gasteiger partial charge in [-0.3, -0.25) is 0 Å². The van der Waals surface area contributed by atoms with E-state index in [2.05, 4.69) is 78.5 Å². The molecule has 240 valence electrons. The SMILES string of the molecule is CCNCc1ncc(-c2cc(F)c3c(c2)OC(c2ccc(CC)c(OC)c2)n2c-3cc3cc(-c4cnc(C5CCCN5)[nH]4)ccc32)[nH]1. The lowest BCUT2D eigenvalue weighted by Gasteiger charge is -2.31. The van der Waals surface area contributed by atoms with E-state index in [1.54, 1.807) is 19.4 Å². The molecule has 0 bridgehead atoms. The molecule has 0 radical (unpaired) electrons. The minimum absolute atomic E-state index is 0.258. The highest BCUT2D eigenvalue weighted by Crippen LogP contribution is 2.47. The van der Waals surface area contributed by atoms with Gasteiger partial charge in [-0.15, -0.1) is 0 Å². The van der Waals surface area contributed by atoms with Crippen LogP contribution in [-0.2, 0) is 13.0 Å². The predicted octanol–water partition coefficient (Wildman–Crippen LogP) is 7.27. The number of fused-ring (bicyclic) bond motifs is 5. The van der Waals surface area contributed by atoms with Gasteiger partial charge < -0.3 is 34.6 Å². The second kappa shape index (κ2) is 12.0. The molecule has 5 heterocycles. The quantitative estimate of drug-likeness (QED) is 0.134. The van der Waals surface area contributed by atoms with E-state index >= 15 is 4.39 Å². The minimum Gasteiger partial charge on any atom is -0.496 e. The maximum Gasteiger partial charge on any atom is 0.203 e. The zero-order valence-electron chi connectivity index (χ0n) is 26.8. The summed E-state index contributed by atoms with van der Waals surface area (Å²) >= 11 is 0. The molecule has 2 atom stereocenters. The molecule has 3 aromatic carbocycles. The van der Waals surface area contributed by atoms with Crippen molar-refractivity contribution >= 4 is 10.9 Å². The monoisotopic (exact) mass is 631 g/mol. The largest absolute Gasteiger partial charge is 0.496 e. The number of imidazole rings is 2. The van der Waals surface area contributed by atoms with Gasteiger partial charge in [-0.2, -0.15) is 0 Å². The van der Waals surface area contributed by atoms with Crippen LogP contribution in [0.15, 0.2) is 67.0 Å². The average molecular weight is 632 g/mol. The second-order valence-electron chi connectivity index (χ2n) is 12.3. The number of hydrogen-bond acceptors (Lipinski definition) is 6. The average Bonchev–Trinajstić information content (AvgIpc) is 3.92. The summed E-state index contributed by atoms with van der Waals surface area (Å²) in [4.78, 5) is 16.0. The number of benzene rings is 3. The lowest BCUT2D eigenvalue weighted by Crippen LogP contribution is -2.23. The lowest BCUT2D eigenvalue weighted by atomic mass is 10.0. The summed E-state index contributed by atoms with van der Waals surface area (Å²) in [6.07, 6.45) is 6.17. The third kappa shape index (κ3) is 5.17. The van der Waals surface area contributed by atoms with E-state index in [1.807, 2.05) is 25.3 Å². The number of methoxy groups -OCH3 is 1. The third-order valence-electron chi connectivity index (χ3n) is 9.38. The van der Waals surface area contributed by atoms with Crippen molar-refractivity contribution in [1.29, 1.82) is 0 Å². The fourth-order valence-electron chi connectivity index (χ4n) is 6.95. The molecule has 0 saturated carbocycles. The molecule has 1 saturated heterocycles. The number of H-pyrrole nitrogens is 2. The molecule has 6 aromatic rings. The number of nitrogens with one attached hydrogen (secondary N) is 4. The van der Waals surface area contributed by atoms with E-state index in [9.17, 15) is 0 Å². The van der Waals surface area contributed by atoms with E-state index in [-0.39, 0.29) is 11.9 Å². The van der Waals surface area contributed by atoms with Gasteiger partial charge in [0.15, 0.2) is 0 Å². The second-order valence-corrected chi connectivity index (χ2v) is 12.3. The maximum atomic E-state index is 16.3. The molecule has 0 amide bonds. The molecule has 0 aliphatic carbocycles. The van der Waals surface area contributed by atoms with Crippen LogP contribution in [-0.4, -0.2) is 44.7 Å². The van der Waals surface area contributed by atoms with Gasteiger partial charge in [0, 0.05) is 22.1 Å². The van der Waals surface area contributed by atoms with Crippen LogP contribution >= 0.6 is 0 Å². The fourth-order valence-corrected chi connectivity index (χ4v) is 6.95. The van der Waals surface area contributed by atoms with E-state index in [4.69, 9.17) is 9.47 Å². The molecule has 8 rings (SSSR count). The van der Waals surface area contributed by atoms with Crippen LogP contribution in [0, 0.1) is 5.82 Å². The van der Waals surface area contributed by atoms with Crippen molar-refractivity contribution < 1.29 is 13.9 Å². The topological polar surface area (TPSA) is 105 Å². The zero-order chi connectivity index (χ0) is 32.1. The first-order valence-corrected chi connectivity index (χ1v) is 16.4. The van der Waals surface area contributed by atoms with Gasteiger partial charge in [0.1, 0.15) is 29.0 Å². The highest BCUT2D eigenvalue weighted by molar-refractivity contribution is 5.92. The van der Waals surface area contributed by atoms with Crippen LogP contribution in [0.2, 0.25) is 0 Å². The Kier molecular flexibility index (Phi) is 7.54. The van der Waals surface area contributed by atoms with Gasteiger partial charge in [0.25, 0.3) is 0 Å². The molecule has 2 unspecified atom stereocenters. The van der Waals surface area contributed by atoms with Crippen molar-refractivity contribution in [3.63, 3.8) is 0 Å². The fraction of sp³-hybridized carbons (Fsp3) is 0.297. The van der Waals surface area contributed by atoms with Crippen LogP contribution in [0.5, 0.6) is 11.5 Å². The first kappa shape index (κ1) is 29.5. The van der Waals surface area contributed by atoms with Crippen molar-refractivity contribution in [2.75, 3.05) is 20.2 Å². The number of aromatic nitrogens is 5. The van der Waals surface area contributed by atoms with E-state index in [0.717, 1.165) is 94.4 Å². The first-order chi connectivity index (χ1) is 23.0. The molecule has 0 spiro atoms. The van der Waals surface area contributed by atoms with Gasteiger partial charge in [-0.1, -0.05) is 32.0 Å². The lowest BCUT2D eigenvalue weighted by molar-refractivity contribution is 0.172. The Bertz CT molecular complexity index is 2090. The first-order valence-electron chi connectivity index (χ1n) is 16.4. The molecule has 4 N–H and O–H groups in total. The standard InChI is InChI=1S/C37H38FN7O2/c1-4-21-8-9-23(16-32(21)46-3)37-45-30-11-10-22(28-19-42-36(44-28)27-7-6-12-40-27)13-25(30)15-31(45)35-26(38)14-24(17-33(35)47-37)29-18-41-34(43-29)20-39-5-2/h8-11,13-19,27,37,39-40H,4-7,12,20H2,1-3H3,(H,41,43)(H,42,44). The molecule has 10 heteroatoms. The number of halogens is 1. The van der Waals surface area contributed by atoms with Crippen LogP contribution in [0.1, 0.15) is 61.7 Å². The van der Waals surface area contributed by atoms with Crippen molar-refractivity contribution in [3.8, 4) is 45.3 Å². The van der Waals surface area contributed by atoms with Crippen molar-refractivity contribution in [2.24, 2.45) is 0 Å². The van der Waals surface area contributed by atoms with Crippen LogP contribution in [0.25, 0.3) is 44.7 Å². The Morgan fingerprint density at radius 2 is 1.87 bits per heavy atom. The molecule has 9 nitrogen and oxygen atoms in total. The molecule has 47 heavy (non-hydrogen) atoms. The minimum atomic E-state index is -0.548. The smallest absolute Gasteiger partial charge is 0.203 e. The number of ether oxygens (including phenoxy) is 2. The molecule has 3 aromatic heterocycles. The van der Waals surface area contributed by atoms with Gasteiger partial charge in [0.05, 0.1) is 60.3 Å². The molecule has 2 aliphatic heterocycles. The Balaban J connectivity index is 1.26. The number of rotatable bonds is 9. The van der Waals surface area contributed by atoms with Gasteiger partial charge in [-0.05, 0) is 74.3 Å². The van der Waals surface area contributed by atoms with Crippen molar-refractivity contribution in [3.05, 3.63) is 95.6 Å². The number of aromatic amines is 2. The van der Waals surface area contributed by atoms with E-state index in [1.165, 1.54) is 0 Å². The Morgan fingerprint density at radius 1 is 1.00 bits per heavy atom. The van der Waals surface area contributed by atoms with E-state index < -0.39 is 6.23 Å². The molecule has 2 aliphatic rings. The van der Waals surface area contributed by atoms with Crippen LogP contribution in [0.4, 0.5) is 4.39 Å². The van der Waals surface area contributed by atoms with Crippen LogP contribution < -0.4 is 20.1 Å². The molecular weight excluding hydrogens is 593 g/mol. The summed E-state index contributed by atoms with van der Waals surface area (Å²) in [6, 6.07) is 18.3. The van der Waals surface area contributed by atoms with Gasteiger partial charge in [-0.25, -0.2) is 14.4 Å². The van der Waals surface area contributed by atoms with Gasteiger partial charge >= 0.3 is 0 Å². The summed E-state index contributed by atoms with van der Waals surface area (Å²) in [5.41, 5.74) is 7.54. The van der Waals surface area contributed by atoms with Crippen LogP contribution in [0.3, 0.4) is 0 Å². The Hall–Kier alpha value is -4.93. The molecule has 1 fully saturated rings. The van der Waals surface area contributed by atoms with Crippen molar-refractivity contribution in [2.45, 2.75) is 51.9 Å². The normalized spacial score (nSPS) is 17.1. The Morgan fingerprint density at radius 3 is 2.68 bits per heavy atom. The summed E-state index contributed by atoms with van der Waals surface area (Å²) in [6.45, 7) is 6.61. The Labute approximate surface area is 272 Å².